The zero-order chi connectivity index (χ0) is 10.6. The fraction of sp³-hybridized carbons (Fsp3) is 0.300. The molecule has 0 aromatic heterocycles. The monoisotopic (exact) mass is 246 g/mol. The molecule has 1 rings (SSSR count). The Balaban J connectivity index is 0.00000196. The molecule has 1 atom stereocenters. The Kier molecular flexibility index (Phi) is 6.11. The Bertz CT molecular complexity index is 361. The average Bonchev–Trinajstić information content (AvgIpc) is 2.16. The molecule has 0 bridgehead atoms. The van der Waals surface area contributed by atoms with Gasteiger partial charge in [-0.15, -0.1) is 0 Å². The minimum absolute atomic E-state index is 0. The van der Waals surface area contributed by atoms with Crippen LogP contribution in [-0.2, 0) is 0 Å². The Morgan fingerprint density at radius 1 is 1.60 bits per heavy atom. The van der Waals surface area contributed by atoms with Crippen molar-refractivity contribution in [2.45, 2.75) is 13.0 Å². The summed E-state index contributed by atoms with van der Waals surface area (Å²) in [6.07, 6.45) is 0. The molecule has 0 spiro atoms. The van der Waals surface area contributed by atoms with Gasteiger partial charge in [-0.25, -0.2) is 0 Å². The standard InChI is InChI=1S/C10H11ClN2O.ClH/c1-7(13)6-14-9-2-3-10(11)8(4-9)5-12;/h2-4,7H,6,13H2,1H3;1H/t7-;/m0./s1. The van der Waals surface area contributed by atoms with Crippen LogP contribution in [0.2, 0.25) is 5.02 Å². The third kappa shape index (κ3) is 4.39. The summed E-state index contributed by atoms with van der Waals surface area (Å²) in [5.41, 5.74) is 4.23. The molecular formula is C10H12Cl2N2O. The van der Waals surface area contributed by atoms with E-state index >= 15 is 0 Å². The fourth-order valence-corrected chi connectivity index (χ4v) is 1.08. The van der Waals surface area contributed by atoms with Crippen LogP contribution in [0.15, 0.2) is 18.2 Å². The summed E-state index contributed by atoms with van der Waals surface area (Å²) in [5, 5.41) is 9.16. The Morgan fingerprint density at radius 2 is 2.27 bits per heavy atom. The molecular weight excluding hydrogens is 235 g/mol. The minimum atomic E-state index is 0. The van der Waals surface area contributed by atoms with Gasteiger partial charge in [0.15, 0.2) is 0 Å². The van der Waals surface area contributed by atoms with Gasteiger partial charge in [0.05, 0.1) is 10.6 Å². The highest BCUT2D eigenvalue weighted by Crippen LogP contribution is 2.21. The van der Waals surface area contributed by atoms with Crippen molar-refractivity contribution < 1.29 is 22.9 Å². The molecule has 82 valence electrons. The number of nitrogens with zero attached hydrogens (tertiary/aromatic N) is 1. The highest BCUT2D eigenvalue weighted by molar-refractivity contribution is 6.31. The number of ether oxygens (including phenoxy) is 1. The summed E-state index contributed by atoms with van der Waals surface area (Å²) in [4.78, 5) is 0. The van der Waals surface area contributed by atoms with Crippen LogP contribution in [0.1, 0.15) is 12.5 Å². The van der Waals surface area contributed by atoms with Gasteiger partial charge in [0.25, 0.3) is 0 Å². The van der Waals surface area contributed by atoms with Gasteiger partial charge in [0, 0.05) is 0 Å². The molecule has 0 heterocycles. The maximum atomic E-state index is 8.72. The highest BCUT2D eigenvalue weighted by atomic mass is 35.5. The van der Waals surface area contributed by atoms with Crippen molar-refractivity contribution >= 4 is 11.6 Å². The second-order valence-electron chi connectivity index (χ2n) is 3.17. The molecule has 1 aromatic carbocycles. The molecule has 0 aliphatic heterocycles. The second-order valence-corrected chi connectivity index (χ2v) is 3.58. The van der Waals surface area contributed by atoms with Gasteiger partial charge in [0.1, 0.15) is 24.5 Å². The van der Waals surface area contributed by atoms with E-state index in [0.29, 0.717) is 22.9 Å². The van der Waals surface area contributed by atoms with Crippen LogP contribution in [0.3, 0.4) is 0 Å². The van der Waals surface area contributed by atoms with Crippen molar-refractivity contribution in [2.75, 3.05) is 6.61 Å². The van der Waals surface area contributed by atoms with Crippen LogP contribution in [0.5, 0.6) is 5.75 Å². The largest absolute Gasteiger partial charge is 1.00 e. The lowest BCUT2D eigenvalue weighted by Crippen LogP contribution is -3.00. The molecule has 1 aromatic rings. The van der Waals surface area contributed by atoms with E-state index in [1.807, 2.05) is 13.0 Å². The number of nitriles is 1. The second kappa shape index (κ2) is 6.52. The molecule has 0 saturated heterocycles. The van der Waals surface area contributed by atoms with E-state index in [4.69, 9.17) is 21.6 Å². The third-order valence-corrected chi connectivity index (χ3v) is 1.92. The highest BCUT2D eigenvalue weighted by Gasteiger charge is 2.03. The Hall–Kier alpha value is -0.950. The molecule has 0 amide bonds. The molecule has 0 aliphatic carbocycles. The third-order valence-electron chi connectivity index (χ3n) is 1.59. The lowest BCUT2D eigenvalue weighted by molar-refractivity contribution is -0.417. The first-order valence-corrected chi connectivity index (χ1v) is 4.67. The molecule has 0 saturated carbocycles. The number of rotatable bonds is 3. The summed E-state index contributed by atoms with van der Waals surface area (Å²) >= 11 is 5.77. The number of benzene rings is 1. The smallest absolute Gasteiger partial charge is 0.139 e. The number of halogens is 2. The first-order chi connectivity index (χ1) is 6.63. The van der Waals surface area contributed by atoms with E-state index in [1.165, 1.54) is 0 Å². The molecule has 15 heavy (non-hydrogen) atoms. The van der Waals surface area contributed by atoms with E-state index in [9.17, 15) is 0 Å². The van der Waals surface area contributed by atoms with Crippen LogP contribution in [-0.4, -0.2) is 12.6 Å². The van der Waals surface area contributed by atoms with Gasteiger partial charge in [-0.3, -0.25) is 0 Å². The SMILES string of the molecule is C[C@H]([NH3+])COc1ccc(Cl)c(C#N)c1.[Cl-]. The van der Waals surface area contributed by atoms with Gasteiger partial charge in [0.2, 0.25) is 0 Å². The van der Waals surface area contributed by atoms with Gasteiger partial charge < -0.3 is 22.9 Å². The summed E-state index contributed by atoms with van der Waals surface area (Å²) in [6.45, 7) is 2.49. The Labute approximate surface area is 100 Å². The fourth-order valence-electron chi connectivity index (χ4n) is 0.918. The van der Waals surface area contributed by atoms with Crippen molar-refractivity contribution in [3.8, 4) is 11.8 Å². The summed E-state index contributed by atoms with van der Waals surface area (Å²) in [6, 6.07) is 7.24. The minimum Gasteiger partial charge on any atom is -1.00 e. The van der Waals surface area contributed by atoms with Crippen molar-refractivity contribution in [1.29, 1.82) is 5.26 Å². The first-order valence-electron chi connectivity index (χ1n) is 4.29. The summed E-state index contributed by atoms with van der Waals surface area (Å²) in [5.74, 6) is 0.654. The summed E-state index contributed by atoms with van der Waals surface area (Å²) in [7, 11) is 0. The van der Waals surface area contributed by atoms with Crippen molar-refractivity contribution in [3.05, 3.63) is 28.8 Å². The molecule has 0 radical (unpaired) electrons. The zero-order valence-corrected chi connectivity index (χ0v) is 9.85. The lowest BCUT2D eigenvalue weighted by Gasteiger charge is -2.07. The van der Waals surface area contributed by atoms with Gasteiger partial charge in [-0.2, -0.15) is 5.26 Å². The van der Waals surface area contributed by atoms with Gasteiger partial charge in [-0.05, 0) is 25.1 Å². The zero-order valence-electron chi connectivity index (χ0n) is 8.34. The number of hydrogen-bond acceptors (Lipinski definition) is 2. The van der Waals surface area contributed by atoms with E-state index in [0.717, 1.165) is 0 Å². The van der Waals surface area contributed by atoms with Crippen molar-refractivity contribution in [3.63, 3.8) is 0 Å². The van der Waals surface area contributed by atoms with Crippen molar-refractivity contribution in [1.82, 2.24) is 0 Å². The van der Waals surface area contributed by atoms with Crippen LogP contribution in [0.25, 0.3) is 0 Å². The predicted octanol–water partition coefficient (Wildman–Crippen LogP) is -1.78. The topological polar surface area (TPSA) is 60.7 Å². The van der Waals surface area contributed by atoms with Crippen LogP contribution < -0.4 is 22.9 Å². The van der Waals surface area contributed by atoms with Crippen LogP contribution in [0, 0.1) is 11.3 Å². The van der Waals surface area contributed by atoms with Crippen molar-refractivity contribution in [2.24, 2.45) is 0 Å². The normalized spacial score (nSPS) is 11.1. The molecule has 3 N–H and O–H groups in total. The summed E-state index contributed by atoms with van der Waals surface area (Å²) < 4.78 is 5.39. The lowest BCUT2D eigenvalue weighted by atomic mass is 10.2. The number of hydrogen-bond donors (Lipinski definition) is 1. The molecule has 0 unspecified atom stereocenters. The maximum Gasteiger partial charge on any atom is 0.139 e. The van der Waals surface area contributed by atoms with E-state index in [2.05, 4.69) is 5.73 Å². The van der Waals surface area contributed by atoms with Crippen LogP contribution in [0.4, 0.5) is 0 Å². The van der Waals surface area contributed by atoms with E-state index < -0.39 is 0 Å². The Morgan fingerprint density at radius 3 is 2.80 bits per heavy atom. The average molecular weight is 247 g/mol. The molecule has 5 heteroatoms. The molecule has 0 fully saturated rings. The van der Waals surface area contributed by atoms with Crippen LogP contribution >= 0.6 is 11.6 Å². The quantitative estimate of drug-likeness (QED) is 0.686. The number of quaternary nitrogens is 1. The van der Waals surface area contributed by atoms with Gasteiger partial charge in [-0.1, -0.05) is 11.6 Å². The first kappa shape index (κ1) is 14.1. The molecule has 0 aliphatic rings. The van der Waals surface area contributed by atoms with E-state index in [1.54, 1.807) is 18.2 Å². The van der Waals surface area contributed by atoms with Gasteiger partial charge >= 0.3 is 0 Å². The van der Waals surface area contributed by atoms with E-state index in [-0.39, 0.29) is 18.4 Å². The maximum absolute atomic E-state index is 8.72. The molecule has 3 nitrogen and oxygen atoms in total. The predicted molar refractivity (Wildman–Crippen MR) is 54.0 cm³/mol.